The molecule has 0 spiro atoms. The number of hydrogen-bond acceptors (Lipinski definition) is 5. The molecule has 1 aromatic heterocycles. The van der Waals surface area contributed by atoms with Crippen molar-refractivity contribution in [2.24, 2.45) is 0 Å². The van der Waals surface area contributed by atoms with E-state index in [2.05, 4.69) is 14.7 Å². The second-order valence-corrected chi connectivity index (χ2v) is 8.10. The zero-order valence-corrected chi connectivity index (χ0v) is 16.5. The molecule has 3 aromatic rings. The lowest BCUT2D eigenvalue weighted by Crippen LogP contribution is -2.24. The van der Waals surface area contributed by atoms with Gasteiger partial charge in [-0.15, -0.1) is 0 Å². The first-order chi connectivity index (χ1) is 12.9. The molecule has 9 heteroatoms. The molecule has 0 aliphatic rings. The summed E-state index contributed by atoms with van der Waals surface area (Å²) in [5.41, 5.74) is 2.04. The summed E-state index contributed by atoms with van der Waals surface area (Å²) >= 11 is 11.8. The van der Waals surface area contributed by atoms with Crippen molar-refractivity contribution in [3.8, 4) is 17.0 Å². The van der Waals surface area contributed by atoms with Crippen LogP contribution in [0.15, 0.2) is 59.8 Å². The molecule has 0 aliphatic heterocycles. The third-order valence-electron chi connectivity index (χ3n) is 3.74. The van der Waals surface area contributed by atoms with Crippen molar-refractivity contribution in [1.82, 2.24) is 14.7 Å². The van der Waals surface area contributed by atoms with Crippen LogP contribution in [0.4, 0.5) is 0 Å². The number of ether oxygens (including phenoxy) is 1. The molecule has 0 aliphatic carbocycles. The Morgan fingerprint density at radius 1 is 1.04 bits per heavy atom. The first-order valence-electron chi connectivity index (χ1n) is 7.79. The maximum atomic E-state index is 12.5. The van der Waals surface area contributed by atoms with Crippen molar-refractivity contribution in [2.75, 3.05) is 7.11 Å². The number of nitrogens with zero attached hydrogens (tertiary/aromatic N) is 2. The Bertz CT molecular complexity index is 1060. The van der Waals surface area contributed by atoms with Gasteiger partial charge >= 0.3 is 0 Å². The molecule has 2 aromatic carbocycles. The highest BCUT2D eigenvalue weighted by atomic mass is 35.5. The van der Waals surface area contributed by atoms with Gasteiger partial charge in [0.25, 0.3) is 0 Å². The minimum Gasteiger partial charge on any atom is -0.497 e. The fourth-order valence-corrected chi connectivity index (χ4v) is 4.10. The Balaban J connectivity index is 1.79. The molecule has 6 nitrogen and oxygen atoms in total. The average Bonchev–Trinajstić information content (AvgIpc) is 2.68. The number of methoxy groups -OCH3 is 1. The third kappa shape index (κ3) is 4.75. The Morgan fingerprint density at radius 3 is 2.48 bits per heavy atom. The van der Waals surface area contributed by atoms with Gasteiger partial charge in [-0.3, -0.25) is 0 Å². The Kier molecular flexibility index (Phi) is 5.96. The Labute approximate surface area is 167 Å². The zero-order valence-electron chi connectivity index (χ0n) is 14.2. The second kappa shape index (κ2) is 8.22. The van der Waals surface area contributed by atoms with E-state index in [9.17, 15) is 8.42 Å². The number of halogens is 2. The number of nitrogens with one attached hydrogen (secondary N) is 1. The van der Waals surface area contributed by atoms with Crippen LogP contribution >= 0.6 is 23.2 Å². The summed E-state index contributed by atoms with van der Waals surface area (Å²) in [5, 5.41) is 0.372. The minimum absolute atomic E-state index is 0.0170. The van der Waals surface area contributed by atoms with Gasteiger partial charge < -0.3 is 4.74 Å². The molecular weight excluding hydrogens is 409 g/mol. The predicted octanol–water partition coefficient (Wildman–Crippen LogP) is 3.94. The summed E-state index contributed by atoms with van der Waals surface area (Å²) < 4.78 is 32.6. The van der Waals surface area contributed by atoms with Gasteiger partial charge in [0.15, 0.2) is 0 Å². The number of rotatable bonds is 6. The maximum absolute atomic E-state index is 12.5. The van der Waals surface area contributed by atoms with Crippen molar-refractivity contribution in [3.63, 3.8) is 0 Å². The van der Waals surface area contributed by atoms with E-state index in [0.717, 1.165) is 11.3 Å². The highest BCUT2D eigenvalue weighted by Gasteiger charge is 2.18. The standard InChI is InChI=1S/C18H15Cl2N3O3S/c1-26-15-5-2-12(3-6-15)17-9-14(21-11-22-17)10-23-27(24,25)18-8-13(19)4-7-16(18)20/h2-9,11,23H,10H2,1H3. The van der Waals surface area contributed by atoms with E-state index < -0.39 is 10.0 Å². The summed E-state index contributed by atoms with van der Waals surface area (Å²) in [5.74, 6) is 0.735. The predicted molar refractivity (Wildman–Crippen MR) is 105 cm³/mol. The molecule has 0 saturated heterocycles. The van der Waals surface area contributed by atoms with Gasteiger partial charge in [0, 0.05) is 10.6 Å². The van der Waals surface area contributed by atoms with E-state index in [4.69, 9.17) is 27.9 Å². The minimum atomic E-state index is -3.84. The fourth-order valence-electron chi connectivity index (χ4n) is 2.34. The highest BCUT2D eigenvalue weighted by molar-refractivity contribution is 7.89. The molecule has 0 atom stereocenters. The summed E-state index contributed by atoms with van der Waals surface area (Å²) in [4.78, 5) is 8.26. The molecule has 0 bridgehead atoms. The molecule has 1 N–H and O–H groups in total. The smallest absolute Gasteiger partial charge is 0.242 e. The van der Waals surface area contributed by atoms with Gasteiger partial charge in [0.2, 0.25) is 10.0 Å². The fraction of sp³-hybridized carbons (Fsp3) is 0.111. The van der Waals surface area contributed by atoms with Gasteiger partial charge in [0.1, 0.15) is 17.0 Å². The summed E-state index contributed by atoms with van der Waals surface area (Å²) in [6.07, 6.45) is 1.38. The van der Waals surface area contributed by atoms with Crippen LogP contribution in [-0.2, 0) is 16.6 Å². The molecule has 27 heavy (non-hydrogen) atoms. The first-order valence-corrected chi connectivity index (χ1v) is 10.0. The lowest BCUT2D eigenvalue weighted by atomic mass is 10.1. The number of aromatic nitrogens is 2. The van der Waals surface area contributed by atoms with Crippen LogP contribution in [0.2, 0.25) is 10.0 Å². The summed E-state index contributed by atoms with van der Waals surface area (Å²) in [7, 11) is -2.25. The van der Waals surface area contributed by atoms with Crippen molar-refractivity contribution in [2.45, 2.75) is 11.4 Å². The van der Waals surface area contributed by atoms with Crippen molar-refractivity contribution in [1.29, 1.82) is 0 Å². The highest BCUT2D eigenvalue weighted by Crippen LogP contribution is 2.25. The Morgan fingerprint density at radius 2 is 1.78 bits per heavy atom. The van der Waals surface area contributed by atoms with Gasteiger partial charge in [0.05, 0.1) is 30.1 Å². The normalized spacial score (nSPS) is 11.4. The number of sulfonamides is 1. The molecule has 0 amide bonds. The van der Waals surface area contributed by atoms with Crippen LogP contribution in [0, 0.1) is 0 Å². The maximum Gasteiger partial charge on any atom is 0.242 e. The van der Waals surface area contributed by atoms with Crippen LogP contribution in [0.25, 0.3) is 11.3 Å². The van der Waals surface area contributed by atoms with Crippen LogP contribution in [-0.4, -0.2) is 25.5 Å². The van der Waals surface area contributed by atoms with E-state index in [1.807, 2.05) is 24.3 Å². The van der Waals surface area contributed by atoms with Gasteiger partial charge in [-0.25, -0.2) is 23.1 Å². The van der Waals surface area contributed by atoms with Crippen molar-refractivity contribution in [3.05, 3.63) is 70.6 Å². The average molecular weight is 424 g/mol. The topological polar surface area (TPSA) is 81.2 Å². The third-order valence-corrected chi connectivity index (χ3v) is 5.85. The monoisotopic (exact) mass is 423 g/mol. The van der Waals surface area contributed by atoms with Crippen molar-refractivity contribution >= 4 is 33.2 Å². The molecule has 0 saturated carbocycles. The van der Waals surface area contributed by atoms with E-state index in [-0.39, 0.29) is 21.5 Å². The van der Waals surface area contributed by atoms with Crippen LogP contribution in [0.5, 0.6) is 5.75 Å². The molecule has 0 fully saturated rings. The van der Waals surface area contributed by atoms with Crippen LogP contribution < -0.4 is 9.46 Å². The first kappa shape index (κ1) is 19.6. The molecule has 3 rings (SSSR count). The van der Waals surface area contributed by atoms with Gasteiger partial charge in [-0.2, -0.15) is 0 Å². The molecule has 1 heterocycles. The summed E-state index contributed by atoms with van der Waals surface area (Å²) in [6, 6.07) is 13.3. The lowest BCUT2D eigenvalue weighted by molar-refractivity contribution is 0.415. The second-order valence-electron chi connectivity index (χ2n) is 5.52. The van der Waals surface area contributed by atoms with E-state index >= 15 is 0 Å². The van der Waals surface area contributed by atoms with E-state index in [0.29, 0.717) is 11.4 Å². The lowest BCUT2D eigenvalue weighted by Gasteiger charge is -2.09. The number of benzene rings is 2. The molecule has 0 unspecified atom stereocenters. The quantitative estimate of drug-likeness (QED) is 0.649. The molecule has 140 valence electrons. The Hall–Kier alpha value is -2.19. The van der Waals surface area contributed by atoms with E-state index in [1.54, 1.807) is 13.2 Å². The van der Waals surface area contributed by atoms with Crippen LogP contribution in [0.3, 0.4) is 0 Å². The van der Waals surface area contributed by atoms with Crippen LogP contribution in [0.1, 0.15) is 5.69 Å². The number of hydrogen-bond donors (Lipinski definition) is 1. The molecular formula is C18H15Cl2N3O3S. The van der Waals surface area contributed by atoms with Gasteiger partial charge in [-0.05, 0) is 48.5 Å². The summed E-state index contributed by atoms with van der Waals surface area (Å²) in [6.45, 7) is -0.0170. The van der Waals surface area contributed by atoms with Crippen molar-refractivity contribution < 1.29 is 13.2 Å². The van der Waals surface area contributed by atoms with E-state index in [1.165, 1.54) is 24.5 Å². The SMILES string of the molecule is COc1ccc(-c2cc(CNS(=O)(=O)c3cc(Cl)ccc3Cl)ncn2)cc1. The molecule has 0 radical (unpaired) electrons. The zero-order chi connectivity index (χ0) is 19.4. The van der Waals surface area contributed by atoms with Gasteiger partial charge in [-0.1, -0.05) is 23.2 Å². The largest absolute Gasteiger partial charge is 0.497 e.